The fourth-order valence-electron chi connectivity index (χ4n) is 4.33. The van der Waals surface area contributed by atoms with Gasteiger partial charge in [-0.1, -0.05) is 0 Å². The molecule has 2 aliphatic carbocycles. The number of carbonyl (C=O) groups is 1. The molecule has 0 saturated heterocycles. The number of likely N-dealkylation sites (N-methyl/N-ethyl adjacent to an activating group) is 1. The normalized spacial score (nSPS) is 43.0. The first-order valence-electron chi connectivity index (χ1n) is 7.48. The molecule has 1 heterocycles. The minimum absolute atomic E-state index is 0.0138. The molecule has 2 bridgehead atoms. The lowest BCUT2D eigenvalue weighted by molar-refractivity contribution is -0.156. The topological polar surface area (TPSA) is 49.8 Å². The Balaban J connectivity index is 1.74. The van der Waals surface area contributed by atoms with E-state index in [2.05, 4.69) is 4.90 Å². The van der Waals surface area contributed by atoms with E-state index in [4.69, 9.17) is 4.74 Å². The second-order valence-electron chi connectivity index (χ2n) is 6.33. The van der Waals surface area contributed by atoms with E-state index in [1.165, 1.54) is 0 Å². The van der Waals surface area contributed by atoms with Gasteiger partial charge in [-0.3, -0.25) is 4.79 Å². The van der Waals surface area contributed by atoms with Gasteiger partial charge in [-0.25, -0.2) is 0 Å². The van der Waals surface area contributed by atoms with Crippen molar-refractivity contribution in [2.45, 2.75) is 43.6 Å². The summed E-state index contributed by atoms with van der Waals surface area (Å²) in [5.41, 5.74) is -0.683. The van der Waals surface area contributed by atoms with Crippen LogP contribution in [0.5, 0.6) is 0 Å². The van der Waals surface area contributed by atoms with Crippen molar-refractivity contribution in [1.29, 1.82) is 0 Å². The van der Waals surface area contributed by atoms with Crippen LogP contribution in [0.1, 0.15) is 32.6 Å². The first kappa shape index (κ1) is 14.3. The highest BCUT2D eigenvalue weighted by Gasteiger charge is 2.55. The van der Waals surface area contributed by atoms with Crippen molar-refractivity contribution in [3.63, 3.8) is 0 Å². The number of nitrogens with zero attached hydrogens (tertiary/aromatic N) is 1. The molecule has 3 rings (SSSR count). The van der Waals surface area contributed by atoms with Crippen LogP contribution < -0.4 is 0 Å². The minimum Gasteiger partial charge on any atom is -0.466 e. The third-order valence-corrected chi connectivity index (χ3v) is 6.36. The Hall–Kier alpha value is -0.680. The second-order valence-corrected chi connectivity index (χ2v) is 7.32. The summed E-state index contributed by atoms with van der Waals surface area (Å²) in [4.78, 5) is 14.2. The van der Waals surface area contributed by atoms with Gasteiger partial charge < -0.3 is 14.7 Å². The van der Waals surface area contributed by atoms with Gasteiger partial charge in [0.1, 0.15) is 5.37 Å². The quantitative estimate of drug-likeness (QED) is 0.809. The third-order valence-electron chi connectivity index (χ3n) is 5.05. The maximum Gasteiger partial charge on any atom is 0.309 e. The summed E-state index contributed by atoms with van der Waals surface area (Å²) in [6.45, 7) is 2.30. The Morgan fingerprint density at radius 2 is 2.10 bits per heavy atom. The molecule has 112 valence electrons. The number of ether oxygens (including phenoxy) is 1. The highest BCUT2D eigenvalue weighted by molar-refractivity contribution is 8.03. The van der Waals surface area contributed by atoms with Crippen molar-refractivity contribution < 1.29 is 14.6 Å². The molecular weight excluding hydrogens is 274 g/mol. The number of thioether (sulfide) groups is 1. The second kappa shape index (κ2) is 5.26. The summed E-state index contributed by atoms with van der Waals surface area (Å²) < 4.78 is 5.23. The summed E-state index contributed by atoms with van der Waals surface area (Å²) in [7, 11) is 2.01. The van der Waals surface area contributed by atoms with Gasteiger partial charge in [-0.05, 0) is 49.9 Å². The maximum absolute atomic E-state index is 12.1. The van der Waals surface area contributed by atoms with Gasteiger partial charge >= 0.3 is 5.97 Å². The maximum atomic E-state index is 12.1. The van der Waals surface area contributed by atoms with E-state index in [1.807, 2.05) is 25.6 Å². The van der Waals surface area contributed by atoms with Crippen LogP contribution in [-0.4, -0.2) is 40.6 Å². The van der Waals surface area contributed by atoms with Crippen LogP contribution in [0, 0.1) is 17.8 Å². The standard InChI is InChI=1S/C15H23NO3S/c1-3-19-13(17)12-10-4-5-11(12)9-15(18,8-10)14-16(2)6-7-20-14/h6-7,10-12,14,18H,3-5,8-9H2,1-2H3. The largest absolute Gasteiger partial charge is 0.466 e. The van der Waals surface area contributed by atoms with E-state index in [1.54, 1.807) is 11.8 Å². The van der Waals surface area contributed by atoms with Crippen molar-refractivity contribution in [2.24, 2.45) is 17.8 Å². The zero-order chi connectivity index (χ0) is 14.3. The molecule has 0 aromatic carbocycles. The van der Waals surface area contributed by atoms with Crippen LogP contribution >= 0.6 is 11.8 Å². The molecule has 20 heavy (non-hydrogen) atoms. The van der Waals surface area contributed by atoms with E-state index in [-0.39, 0.29) is 29.1 Å². The molecule has 2 saturated carbocycles. The van der Waals surface area contributed by atoms with E-state index >= 15 is 0 Å². The fourth-order valence-corrected chi connectivity index (χ4v) is 5.45. The van der Waals surface area contributed by atoms with Crippen LogP contribution in [0.4, 0.5) is 0 Å². The number of aliphatic hydroxyl groups is 1. The smallest absolute Gasteiger partial charge is 0.309 e. The lowest BCUT2D eigenvalue weighted by Crippen LogP contribution is -2.52. The summed E-state index contributed by atoms with van der Waals surface area (Å²) in [5, 5.41) is 13.2. The average Bonchev–Trinajstić information content (AvgIpc) is 2.93. The van der Waals surface area contributed by atoms with Crippen molar-refractivity contribution in [3.8, 4) is 0 Å². The first-order chi connectivity index (χ1) is 9.55. The lowest BCUT2D eigenvalue weighted by atomic mass is 9.70. The minimum atomic E-state index is -0.683. The van der Waals surface area contributed by atoms with Crippen LogP contribution in [0.25, 0.3) is 0 Å². The SMILES string of the molecule is CCOC(=O)C1C2CCC1CC(O)(C1SC=CN1C)C2. The Morgan fingerprint density at radius 1 is 1.45 bits per heavy atom. The molecule has 0 aromatic heterocycles. The number of rotatable bonds is 3. The zero-order valence-electron chi connectivity index (χ0n) is 12.1. The van der Waals surface area contributed by atoms with E-state index in [0.29, 0.717) is 6.61 Å². The molecule has 0 amide bonds. The fraction of sp³-hybridized carbons (Fsp3) is 0.800. The average molecular weight is 297 g/mol. The van der Waals surface area contributed by atoms with Gasteiger partial charge in [0.05, 0.1) is 18.1 Å². The highest BCUT2D eigenvalue weighted by atomic mass is 32.2. The van der Waals surface area contributed by atoms with Gasteiger partial charge in [0.2, 0.25) is 0 Å². The van der Waals surface area contributed by atoms with E-state index < -0.39 is 5.60 Å². The van der Waals surface area contributed by atoms with Gasteiger partial charge in [-0.15, -0.1) is 11.8 Å². The molecular formula is C15H23NO3S. The van der Waals surface area contributed by atoms with Gasteiger partial charge in [0.25, 0.3) is 0 Å². The van der Waals surface area contributed by atoms with Crippen LogP contribution in [0.15, 0.2) is 11.6 Å². The monoisotopic (exact) mass is 297 g/mol. The summed E-state index contributed by atoms with van der Waals surface area (Å²) >= 11 is 1.69. The Kier molecular flexibility index (Phi) is 3.75. The molecule has 3 aliphatic rings. The molecule has 5 heteroatoms. The Labute approximate surface area is 124 Å². The predicted molar refractivity (Wildman–Crippen MR) is 78.8 cm³/mol. The molecule has 2 fully saturated rings. The molecule has 0 radical (unpaired) electrons. The van der Waals surface area contributed by atoms with Crippen molar-refractivity contribution >= 4 is 17.7 Å². The summed E-state index contributed by atoms with van der Waals surface area (Å²) in [6.07, 6.45) is 5.55. The van der Waals surface area contributed by atoms with E-state index in [0.717, 1.165) is 25.7 Å². The molecule has 1 aliphatic heterocycles. The van der Waals surface area contributed by atoms with Crippen molar-refractivity contribution in [3.05, 3.63) is 11.6 Å². The lowest BCUT2D eigenvalue weighted by Gasteiger charge is -2.45. The van der Waals surface area contributed by atoms with Crippen molar-refractivity contribution in [1.82, 2.24) is 4.90 Å². The number of esters is 1. The number of hydrogen-bond donors (Lipinski definition) is 1. The van der Waals surface area contributed by atoms with Gasteiger partial charge in [-0.2, -0.15) is 0 Å². The molecule has 4 nitrogen and oxygen atoms in total. The number of fused-ring (bicyclic) bond motifs is 2. The first-order valence-corrected chi connectivity index (χ1v) is 8.42. The van der Waals surface area contributed by atoms with Crippen molar-refractivity contribution in [2.75, 3.05) is 13.7 Å². The van der Waals surface area contributed by atoms with Crippen LogP contribution in [0.3, 0.4) is 0 Å². The summed E-state index contributed by atoms with van der Waals surface area (Å²) in [6, 6.07) is 0. The molecule has 0 spiro atoms. The molecule has 3 unspecified atom stereocenters. The predicted octanol–water partition coefficient (Wildman–Crippen LogP) is 2.19. The molecule has 1 N–H and O–H groups in total. The summed E-state index contributed by atoms with van der Waals surface area (Å²) in [5.74, 6) is 0.535. The highest BCUT2D eigenvalue weighted by Crippen LogP contribution is 2.54. The van der Waals surface area contributed by atoms with E-state index in [9.17, 15) is 9.90 Å². The zero-order valence-corrected chi connectivity index (χ0v) is 12.9. The molecule has 3 atom stereocenters. The number of hydrogen-bond acceptors (Lipinski definition) is 5. The Morgan fingerprint density at radius 3 is 2.60 bits per heavy atom. The van der Waals surface area contributed by atoms with Crippen LogP contribution in [0.2, 0.25) is 0 Å². The van der Waals surface area contributed by atoms with Crippen LogP contribution in [-0.2, 0) is 9.53 Å². The number of carbonyl (C=O) groups excluding carboxylic acids is 1. The Bertz CT molecular complexity index is 411. The third kappa shape index (κ3) is 2.25. The van der Waals surface area contributed by atoms with Gasteiger partial charge in [0.15, 0.2) is 0 Å². The molecule has 0 aromatic rings. The van der Waals surface area contributed by atoms with Gasteiger partial charge in [0, 0.05) is 13.2 Å².